The number of nitrogens with one attached hydrogen (secondary N) is 1. The highest BCUT2D eigenvalue weighted by atomic mass is 32.1. The third-order valence-electron chi connectivity index (χ3n) is 6.33. The number of thiazole rings is 1. The van der Waals surface area contributed by atoms with Crippen LogP contribution in [0, 0.1) is 13.8 Å². The number of amides is 1. The zero-order chi connectivity index (χ0) is 25.1. The van der Waals surface area contributed by atoms with Crippen LogP contribution >= 0.6 is 11.3 Å². The number of carbonyl (C=O) groups excluding carboxylic acids is 1. The van der Waals surface area contributed by atoms with Crippen LogP contribution in [0.25, 0.3) is 21.1 Å². The lowest BCUT2D eigenvalue weighted by molar-refractivity contribution is -0.117. The molecule has 1 atom stereocenters. The van der Waals surface area contributed by atoms with Crippen LogP contribution in [-0.2, 0) is 4.79 Å². The summed E-state index contributed by atoms with van der Waals surface area (Å²) in [6.07, 6.45) is -0.587. The van der Waals surface area contributed by atoms with Crippen molar-refractivity contribution < 1.29 is 14.6 Å². The summed E-state index contributed by atoms with van der Waals surface area (Å²) in [4.78, 5) is 26.1. The van der Waals surface area contributed by atoms with Gasteiger partial charge in [0.2, 0.25) is 5.91 Å². The number of β-amino-alcohol motifs (C(OH)–C–C–N with tert-alkyl or cyclic N) is 1. The largest absolute Gasteiger partial charge is 0.491 e. The van der Waals surface area contributed by atoms with Crippen LogP contribution in [0.4, 0.5) is 5.69 Å². The smallest absolute Gasteiger partial charge is 0.238 e. The van der Waals surface area contributed by atoms with Crippen molar-refractivity contribution in [1.82, 2.24) is 19.8 Å². The third kappa shape index (κ3) is 5.99. The van der Waals surface area contributed by atoms with Crippen molar-refractivity contribution in [2.75, 3.05) is 51.2 Å². The maximum absolute atomic E-state index is 12.8. The topological polar surface area (TPSA) is 90.8 Å². The lowest BCUT2D eigenvalue weighted by Crippen LogP contribution is -2.50. The molecule has 1 amide bonds. The van der Waals surface area contributed by atoms with Crippen LogP contribution in [-0.4, -0.2) is 82.8 Å². The minimum Gasteiger partial charge on any atom is -0.491 e. The Labute approximate surface area is 214 Å². The first-order chi connectivity index (χ1) is 17.4. The summed E-state index contributed by atoms with van der Waals surface area (Å²) in [5.74, 6) is 0.694. The molecule has 1 saturated heterocycles. The molecule has 0 aliphatic carbocycles. The standard InChI is InChI=1S/C27H31N5O3S/c1-18-13-24(22-5-3-4-6-23(22)28-18)30-27(34)16-32-11-9-31(10-12-32)15-20(33)17-35-21-7-8-26-25(14-21)29-19(2)36-26/h3-8,13-14,20,33H,9-12,15-17H2,1-2H3,(H,28,30,34). The van der Waals surface area contributed by atoms with Crippen LogP contribution in [0.2, 0.25) is 0 Å². The number of anilines is 1. The van der Waals surface area contributed by atoms with E-state index in [0.717, 1.165) is 69.4 Å². The molecule has 0 spiro atoms. The normalized spacial score (nSPS) is 15.9. The molecule has 3 heterocycles. The van der Waals surface area contributed by atoms with Crippen LogP contribution in [0.1, 0.15) is 10.7 Å². The van der Waals surface area contributed by atoms with Crippen molar-refractivity contribution in [2.45, 2.75) is 20.0 Å². The van der Waals surface area contributed by atoms with Crippen LogP contribution in [0.5, 0.6) is 5.75 Å². The number of fused-ring (bicyclic) bond motifs is 2. The van der Waals surface area contributed by atoms with Crippen molar-refractivity contribution in [3.8, 4) is 5.75 Å². The van der Waals surface area contributed by atoms with E-state index < -0.39 is 6.10 Å². The number of nitrogens with zero attached hydrogens (tertiary/aromatic N) is 4. The van der Waals surface area contributed by atoms with Gasteiger partial charge in [0, 0.05) is 49.9 Å². The summed E-state index contributed by atoms with van der Waals surface area (Å²) >= 11 is 1.66. The molecule has 36 heavy (non-hydrogen) atoms. The molecule has 0 bridgehead atoms. The van der Waals surface area contributed by atoms with Crippen LogP contribution < -0.4 is 10.1 Å². The van der Waals surface area contributed by atoms with Gasteiger partial charge in [0.25, 0.3) is 0 Å². The molecular weight excluding hydrogens is 474 g/mol. The Morgan fingerprint density at radius 3 is 2.67 bits per heavy atom. The Bertz CT molecular complexity index is 1370. The summed E-state index contributed by atoms with van der Waals surface area (Å²) in [6, 6.07) is 15.6. The van der Waals surface area contributed by atoms with Gasteiger partial charge in [-0.1, -0.05) is 18.2 Å². The minimum atomic E-state index is -0.587. The van der Waals surface area contributed by atoms with Gasteiger partial charge in [-0.3, -0.25) is 19.6 Å². The van der Waals surface area contributed by atoms with E-state index in [1.165, 1.54) is 0 Å². The van der Waals surface area contributed by atoms with Gasteiger partial charge < -0.3 is 15.2 Å². The molecule has 1 aliphatic rings. The minimum absolute atomic E-state index is 0.0279. The lowest BCUT2D eigenvalue weighted by atomic mass is 10.1. The summed E-state index contributed by atoms with van der Waals surface area (Å²) < 4.78 is 6.95. The molecule has 1 fully saturated rings. The highest BCUT2D eigenvalue weighted by molar-refractivity contribution is 7.18. The molecule has 9 heteroatoms. The lowest BCUT2D eigenvalue weighted by Gasteiger charge is -2.35. The number of piperazine rings is 1. The molecule has 8 nitrogen and oxygen atoms in total. The molecular formula is C27H31N5O3S. The van der Waals surface area contributed by atoms with Crippen molar-refractivity contribution in [3.63, 3.8) is 0 Å². The molecule has 2 aromatic heterocycles. The molecule has 0 saturated carbocycles. The van der Waals surface area contributed by atoms with E-state index in [1.807, 2.05) is 62.4 Å². The fourth-order valence-corrected chi connectivity index (χ4v) is 5.40. The van der Waals surface area contributed by atoms with E-state index in [-0.39, 0.29) is 12.5 Å². The Balaban J connectivity index is 1.06. The summed E-state index contributed by atoms with van der Waals surface area (Å²) in [7, 11) is 0. The third-order valence-corrected chi connectivity index (χ3v) is 7.28. The number of hydrogen-bond donors (Lipinski definition) is 2. The molecule has 2 N–H and O–H groups in total. The zero-order valence-electron chi connectivity index (χ0n) is 20.6. The quantitative estimate of drug-likeness (QED) is 0.379. The van der Waals surface area contributed by atoms with Crippen LogP contribution in [0.3, 0.4) is 0 Å². The predicted molar refractivity (Wildman–Crippen MR) is 144 cm³/mol. The van der Waals surface area contributed by atoms with Crippen molar-refractivity contribution in [1.29, 1.82) is 0 Å². The van der Waals surface area contributed by atoms with Gasteiger partial charge in [0.05, 0.1) is 33.0 Å². The summed E-state index contributed by atoms with van der Waals surface area (Å²) in [5.41, 5.74) is 3.48. The van der Waals surface area contributed by atoms with Gasteiger partial charge in [0.15, 0.2) is 0 Å². The Morgan fingerprint density at radius 1 is 1.06 bits per heavy atom. The fraction of sp³-hybridized carbons (Fsp3) is 0.370. The molecule has 2 aromatic carbocycles. The van der Waals surface area contributed by atoms with Crippen molar-refractivity contribution in [3.05, 3.63) is 59.2 Å². The van der Waals surface area contributed by atoms with Gasteiger partial charge in [-0.25, -0.2) is 4.98 Å². The SMILES string of the molecule is Cc1cc(NC(=O)CN2CCN(CC(O)COc3ccc4sc(C)nc4c3)CC2)c2ccccc2n1. The molecule has 5 rings (SSSR count). The van der Waals surface area contributed by atoms with E-state index >= 15 is 0 Å². The number of ether oxygens (including phenoxy) is 1. The van der Waals surface area contributed by atoms with E-state index in [1.54, 1.807) is 11.3 Å². The Morgan fingerprint density at radius 2 is 1.83 bits per heavy atom. The first kappa shape index (κ1) is 24.6. The Kier molecular flexibility index (Phi) is 7.43. The van der Waals surface area contributed by atoms with E-state index in [4.69, 9.17) is 4.74 Å². The zero-order valence-corrected chi connectivity index (χ0v) is 21.4. The second kappa shape index (κ2) is 10.9. The summed E-state index contributed by atoms with van der Waals surface area (Å²) in [5, 5.41) is 15.5. The van der Waals surface area contributed by atoms with Gasteiger partial charge in [-0.2, -0.15) is 0 Å². The number of pyridine rings is 1. The molecule has 0 radical (unpaired) electrons. The molecule has 4 aromatic rings. The summed E-state index contributed by atoms with van der Waals surface area (Å²) in [6.45, 7) is 8.18. The number of para-hydroxylation sites is 1. The number of hydrogen-bond acceptors (Lipinski definition) is 8. The van der Waals surface area contributed by atoms with E-state index in [2.05, 4.69) is 25.1 Å². The second-order valence-corrected chi connectivity index (χ2v) is 10.5. The number of aliphatic hydroxyl groups excluding tert-OH is 1. The second-order valence-electron chi connectivity index (χ2n) is 9.28. The first-order valence-electron chi connectivity index (χ1n) is 12.2. The van der Waals surface area contributed by atoms with E-state index in [9.17, 15) is 9.90 Å². The first-order valence-corrected chi connectivity index (χ1v) is 13.0. The number of aliphatic hydroxyl groups is 1. The molecule has 188 valence electrons. The van der Waals surface area contributed by atoms with Gasteiger partial charge in [-0.05, 0) is 38.1 Å². The Hall–Kier alpha value is -3.11. The predicted octanol–water partition coefficient (Wildman–Crippen LogP) is 3.46. The number of benzene rings is 2. The van der Waals surface area contributed by atoms with Gasteiger partial charge in [-0.15, -0.1) is 11.3 Å². The van der Waals surface area contributed by atoms with E-state index in [0.29, 0.717) is 13.1 Å². The monoisotopic (exact) mass is 505 g/mol. The number of carbonyl (C=O) groups is 1. The fourth-order valence-electron chi connectivity index (χ4n) is 4.59. The van der Waals surface area contributed by atoms with Crippen molar-refractivity contribution in [2.24, 2.45) is 0 Å². The maximum Gasteiger partial charge on any atom is 0.238 e. The average Bonchev–Trinajstić information content (AvgIpc) is 3.23. The molecule has 1 unspecified atom stereocenters. The highest BCUT2D eigenvalue weighted by Gasteiger charge is 2.21. The average molecular weight is 506 g/mol. The molecule has 1 aliphatic heterocycles. The number of aromatic nitrogens is 2. The van der Waals surface area contributed by atoms with Crippen LogP contribution in [0.15, 0.2) is 48.5 Å². The maximum atomic E-state index is 12.8. The van der Waals surface area contributed by atoms with Gasteiger partial charge >= 0.3 is 0 Å². The van der Waals surface area contributed by atoms with Gasteiger partial charge in [0.1, 0.15) is 18.5 Å². The number of rotatable bonds is 8. The van der Waals surface area contributed by atoms with Crippen molar-refractivity contribution >= 4 is 44.1 Å². The highest BCUT2D eigenvalue weighted by Crippen LogP contribution is 2.26. The number of aryl methyl sites for hydroxylation is 2.